The molecule has 0 spiro atoms. The largest absolute Gasteiger partial charge is 0.340 e. The van der Waals surface area contributed by atoms with Gasteiger partial charge >= 0.3 is 0 Å². The molecule has 0 aliphatic heterocycles. The van der Waals surface area contributed by atoms with E-state index in [0.717, 1.165) is 17.9 Å². The van der Waals surface area contributed by atoms with Crippen molar-refractivity contribution in [2.45, 2.75) is 13.3 Å². The monoisotopic (exact) mass is 248 g/mol. The van der Waals surface area contributed by atoms with E-state index in [1.807, 2.05) is 16.7 Å². The summed E-state index contributed by atoms with van der Waals surface area (Å²) in [7, 11) is 0. The van der Waals surface area contributed by atoms with Crippen molar-refractivity contribution in [2.75, 3.05) is 0 Å². The Kier molecular flexibility index (Phi) is 3.51. The van der Waals surface area contributed by atoms with Crippen LogP contribution < -0.4 is 0 Å². The fourth-order valence-electron chi connectivity index (χ4n) is 1.35. The molecule has 0 bridgehead atoms. The van der Waals surface area contributed by atoms with E-state index in [2.05, 4.69) is 31.0 Å². The van der Waals surface area contributed by atoms with Gasteiger partial charge in [-0.2, -0.15) is 0 Å². The SMILES string of the molecule is [CH2-]c1nc(CC)cc2cccn12.[Y]. The van der Waals surface area contributed by atoms with Gasteiger partial charge in [0, 0.05) is 50.1 Å². The van der Waals surface area contributed by atoms with Gasteiger partial charge in [0.2, 0.25) is 0 Å². The van der Waals surface area contributed by atoms with Crippen molar-refractivity contribution in [1.82, 2.24) is 9.38 Å². The Bertz CT molecular complexity index is 406. The average Bonchev–Trinajstić information content (AvgIpc) is 2.52. The summed E-state index contributed by atoms with van der Waals surface area (Å²) < 4.78 is 1.99. The summed E-state index contributed by atoms with van der Waals surface area (Å²) in [6, 6.07) is 6.16. The Balaban J connectivity index is 0.000000845. The smallest absolute Gasteiger partial charge is 0.0459 e. The molecule has 2 heterocycles. The second kappa shape index (κ2) is 4.25. The van der Waals surface area contributed by atoms with E-state index in [1.54, 1.807) is 0 Å². The van der Waals surface area contributed by atoms with Crippen LogP contribution in [0.1, 0.15) is 18.4 Å². The van der Waals surface area contributed by atoms with E-state index in [4.69, 9.17) is 0 Å². The van der Waals surface area contributed by atoms with Gasteiger partial charge in [0.1, 0.15) is 0 Å². The van der Waals surface area contributed by atoms with Crippen LogP contribution >= 0.6 is 0 Å². The number of hydrogen-bond donors (Lipinski definition) is 0. The van der Waals surface area contributed by atoms with Crippen LogP contribution in [-0.4, -0.2) is 9.38 Å². The van der Waals surface area contributed by atoms with E-state index in [1.165, 1.54) is 5.52 Å². The molecule has 0 aliphatic rings. The third-order valence-corrected chi connectivity index (χ3v) is 2.01. The third kappa shape index (κ3) is 1.95. The minimum Gasteiger partial charge on any atom is -0.340 e. The van der Waals surface area contributed by atoms with Gasteiger partial charge in [-0.05, 0) is 30.4 Å². The summed E-state index contributed by atoms with van der Waals surface area (Å²) in [5.41, 5.74) is 2.28. The van der Waals surface area contributed by atoms with Gasteiger partial charge in [-0.25, -0.2) is 0 Å². The molecule has 0 saturated heterocycles. The van der Waals surface area contributed by atoms with E-state index in [9.17, 15) is 0 Å². The van der Waals surface area contributed by atoms with Crippen LogP contribution in [0.3, 0.4) is 0 Å². The molecule has 0 aromatic carbocycles. The van der Waals surface area contributed by atoms with E-state index >= 15 is 0 Å². The van der Waals surface area contributed by atoms with Crippen molar-refractivity contribution in [3.05, 3.63) is 42.8 Å². The summed E-state index contributed by atoms with van der Waals surface area (Å²) >= 11 is 0. The molecule has 2 rings (SSSR count). The molecule has 13 heavy (non-hydrogen) atoms. The van der Waals surface area contributed by atoms with Crippen LogP contribution in [0.25, 0.3) is 5.52 Å². The third-order valence-electron chi connectivity index (χ3n) is 2.01. The van der Waals surface area contributed by atoms with Gasteiger partial charge in [0.05, 0.1) is 0 Å². The van der Waals surface area contributed by atoms with Gasteiger partial charge in [0.25, 0.3) is 0 Å². The number of aromatic nitrogens is 2. The van der Waals surface area contributed by atoms with Gasteiger partial charge in [-0.3, -0.25) is 4.98 Å². The molecule has 2 aromatic heterocycles. The molecule has 0 aliphatic carbocycles. The summed E-state index contributed by atoms with van der Waals surface area (Å²) in [5, 5.41) is 0. The maximum absolute atomic E-state index is 4.34. The van der Waals surface area contributed by atoms with Crippen molar-refractivity contribution >= 4 is 5.52 Å². The Morgan fingerprint density at radius 2 is 2.31 bits per heavy atom. The van der Waals surface area contributed by atoms with Crippen molar-refractivity contribution < 1.29 is 32.7 Å². The predicted octanol–water partition coefficient (Wildman–Crippen LogP) is 2.08. The first kappa shape index (κ1) is 10.7. The first-order chi connectivity index (χ1) is 5.81. The maximum atomic E-state index is 4.34. The van der Waals surface area contributed by atoms with E-state index < -0.39 is 0 Å². The first-order valence-corrected chi connectivity index (χ1v) is 4.10. The summed E-state index contributed by atoms with van der Waals surface area (Å²) in [5.74, 6) is 0.814. The van der Waals surface area contributed by atoms with Crippen molar-refractivity contribution in [3.63, 3.8) is 0 Å². The van der Waals surface area contributed by atoms with Gasteiger partial charge < -0.3 is 11.3 Å². The molecule has 2 aromatic rings. The molecule has 1 radical (unpaired) electrons. The average molecular weight is 248 g/mol. The molecule has 0 unspecified atom stereocenters. The maximum Gasteiger partial charge on any atom is 0.0459 e. The molecule has 0 atom stereocenters. The van der Waals surface area contributed by atoms with Gasteiger partial charge in [-0.1, -0.05) is 6.92 Å². The number of rotatable bonds is 1. The van der Waals surface area contributed by atoms with Crippen molar-refractivity contribution in [1.29, 1.82) is 0 Å². The van der Waals surface area contributed by atoms with Gasteiger partial charge in [0.15, 0.2) is 0 Å². The summed E-state index contributed by atoms with van der Waals surface area (Å²) in [6.07, 6.45) is 2.94. The number of nitrogens with zero attached hydrogens (tertiary/aromatic N) is 2. The van der Waals surface area contributed by atoms with Crippen LogP contribution in [-0.2, 0) is 39.1 Å². The zero-order valence-electron chi connectivity index (χ0n) is 7.70. The van der Waals surface area contributed by atoms with Gasteiger partial charge in [-0.15, -0.1) is 0 Å². The minimum absolute atomic E-state index is 0. The minimum atomic E-state index is 0. The topological polar surface area (TPSA) is 17.3 Å². The normalized spacial score (nSPS) is 9.92. The molecule has 0 amide bonds. The molecule has 3 heteroatoms. The second-order valence-electron chi connectivity index (χ2n) is 2.82. The Morgan fingerprint density at radius 1 is 1.54 bits per heavy atom. The molecule has 0 saturated carbocycles. The van der Waals surface area contributed by atoms with Crippen LogP contribution in [0.5, 0.6) is 0 Å². The number of aryl methyl sites for hydroxylation is 1. The van der Waals surface area contributed by atoms with Crippen molar-refractivity contribution in [3.8, 4) is 0 Å². The second-order valence-corrected chi connectivity index (χ2v) is 2.82. The fourth-order valence-corrected chi connectivity index (χ4v) is 1.35. The number of fused-ring (bicyclic) bond motifs is 1. The van der Waals surface area contributed by atoms with Crippen LogP contribution in [0.15, 0.2) is 24.4 Å². The molecular weight excluding hydrogens is 237 g/mol. The Labute approximate surface area is 103 Å². The van der Waals surface area contributed by atoms with Crippen LogP contribution in [0.4, 0.5) is 0 Å². The van der Waals surface area contributed by atoms with E-state index in [0.29, 0.717) is 0 Å². The molecule has 2 nitrogen and oxygen atoms in total. The van der Waals surface area contributed by atoms with E-state index in [-0.39, 0.29) is 32.7 Å². The fraction of sp³-hybridized carbons (Fsp3) is 0.200. The zero-order chi connectivity index (χ0) is 8.55. The predicted molar refractivity (Wildman–Crippen MR) is 49.0 cm³/mol. The summed E-state index contributed by atoms with van der Waals surface area (Å²) in [6.45, 7) is 5.98. The van der Waals surface area contributed by atoms with Crippen LogP contribution in [0.2, 0.25) is 0 Å². The Hall–Kier alpha value is -0.336. The Morgan fingerprint density at radius 3 is 3.00 bits per heavy atom. The first-order valence-electron chi connectivity index (χ1n) is 4.10. The quantitative estimate of drug-likeness (QED) is 0.706. The van der Waals surface area contributed by atoms with Crippen molar-refractivity contribution in [2.24, 2.45) is 0 Å². The van der Waals surface area contributed by atoms with Crippen LogP contribution in [0, 0.1) is 6.92 Å². The zero-order valence-corrected chi connectivity index (χ0v) is 10.5. The standard InChI is InChI=1S/C10H11N2.Y/c1-3-9-7-10-5-4-6-12(10)8(2)11-9;/h4-7H,2-3H2,1H3;/q-1;. The molecule has 0 fully saturated rings. The molecule has 65 valence electrons. The molecule has 0 N–H and O–H groups in total. The summed E-state index contributed by atoms with van der Waals surface area (Å²) in [4.78, 5) is 4.34. The number of hydrogen-bond acceptors (Lipinski definition) is 1. The molecular formula is C10H11N2Y-.